The van der Waals surface area contributed by atoms with Gasteiger partial charge in [-0.05, 0) is 31.2 Å². The van der Waals surface area contributed by atoms with Crippen LogP contribution in [-0.4, -0.2) is 50.0 Å². The highest BCUT2D eigenvalue weighted by molar-refractivity contribution is 5.82. The standard InChI is InChI=1S/C20H26N2O2/c1-16-10-8-9-13-18(16)24-15-14-22(4)19(20(23)21(2)3)17-11-6-5-7-12-17/h5-13,19H,14-15H2,1-4H3/t19-/m1/s1. The number of benzene rings is 2. The Bertz CT molecular complexity index is 656. The Kier molecular flexibility index (Phi) is 6.38. The van der Waals surface area contributed by atoms with E-state index in [0.29, 0.717) is 13.2 Å². The minimum atomic E-state index is -0.304. The van der Waals surface area contributed by atoms with Crippen LogP contribution in [0.25, 0.3) is 0 Å². The number of likely N-dealkylation sites (N-methyl/N-ethyl adjacent to an activating group) is 2. The molecule has 0 unspecified atom stereocenters. The summed E-state index contributed by atoms with van der Waals surface area (Å²) in [5.41, 5.74) is 2.11. The summed E-state index contributed by atoms with van der Waals surface area (Å²) in [4.78, 5) is 16.3. The molecule has 4 nitrogen and oxygen atoms in total. The van der Waals surface area contributed by atoms with Gasteiger partial charge >= 0.3 is 0 Å². The molecule has 128 valence electrons. The first-order chi connectivity index (χ1) is 11.5. The van der Waals surface area contributed by atoms with Crippen LogP contribution < -0.4 is 4.74 Å². The molecule has 2 aromatic carbocycles. The Morgan fingerprint density at radius 3 is 2.25 bits per heavy atom. The number of carbonyl (C=O) groups is 1. The smallest absolute Gasteiger partial charge is 0.244 e. The fourth-order valence-electron chi connectivity index (χ4n) is 2.61. The molecule has 0 aliphatic rings. The van der Waals surface area contributed by atoms with Crippen molar-refractivity contribution in [1.82, 2.24) is 9.80 Å². The van der Waals surface area contributed by atoms with Gasteiger partial charge in [-0.25, -0.2) is 0 Å². The molecule has 0 spiro atoms. The average Bonchev–Trinajstić information content (AvgIpc) is 2.57. The summed E-state index contributed by atoms with van der Waals surface area (Å²) in [6.45, 7) is 3.22. The topological polar surface area (TPSA) is 32.8 Å². The number of aryl methyl sites for hydroxylation is 1. The summed E-state index contributed by atoms with van der Waals surface area (Å²) in [7, 11) is 5.53. The third kappa shape index (κ3) is 4.59. The average molecular weight is 326 g/mol. The van der Waals surface area contributed by atoms with Gasteiger partial charge < -0.3 is 9.64 Å². The second-order valence-electron chi connectivity index (χ2n) is 6.14. The summed E-state index contributed by atoms with van der Waals surface area (Å²) < 4.78 is 5.87. The van der Waals surface area contributed by atoms with E-state index in [-0.39, 0.29) is 11.9 Å². The molecule has 0 fully saturated rings. The van der Waals surface area contributed by atoms with Gasteiger partial charge in [-0.15, -0.1) is 0 Å². The quantitative estimate of drug-likeness (QED) is 0.784. The fourth-order valence-corrected chi connectivity index (χ4v) is 2.61. The zero-order chi connectivity index (χ0) is 17.5. The van der Waals surface area contributed by atoms with E-state index in [1.54, 1.807) is 19.0 Å². The highest BCUT2D eigenvalue weighted by Crippen LogP contribution is 2.21. The molecule has 0 bridgehead atoms. The van der Waals surface area contributed by atoms with Gasteiger partial charge in [0.25, 0.3) is 0 Å². The van der Waals surface area contributed by atoms with Crippen LogP contribution in [-0.2, 0) is 4.79 Å². The molecule has 0 aromatic heterocycles. The molecule has 0 heterocycles. The van der Waals surface area contributed by atoms with Gasteiger partial charge in [0.05, 0.1) is 0 Å². The molecule has 0 saturated carbocycles. The normalized spacial score (nSPS) is 12.0. The van der Waals surface area contributed by atoms with Gasteiger partial charge in [-0.1, -0.05) is 48.5 Å². The predicted molar refractivity (Wildman–Crippen MR) is 97.2 cm³/mol. The summed E-state index contributed by atoms with van der Waals surface area (Å²) >= 11 is 0. The van der Waals surface area contributed by atoms with E-state index in [1.807, 2.05) is 73.5 Å². The second-order valence-corrected chi connectivity index (χ2v) is 6.14. The molecule has 0 radical (unpaired) electrons. The van der Waals surface area contributed by atoms with Crippen LogP contribution >= 0.6 is 0 Å². The Morgan fingerprint density at radius 1 is 1.00 bits per heavy atom. The summed E-state index contributed by atoms with van der Waals surface area (Å²) in [6.07, 6.45) is 0. The van der Waals surface area contributed by atoms with Gasteiger partial charge in [-0.3, -0.25) is 9.69 Å². The van der Waals surface area contributed by atoms with E-state index in [0.717, 1.165) is 16.9 Å². The van der Waals surface area contributed by atoms with Crippen molar-refractivity contribution in [2.45, 2.75) is 13.0 Å². The van der Waals surface area contributed by atoms with E-state index in [1.165, 1.54) is 0 Å². The first-order valence-electron chi connectivity index (χ1n) is 8.15. The van der Waals surface area contributed by atoms with Gasteiger partial charge in [0.1, 0.15) is 18.4 Å². The Balaban J connectivity index is 2.04. The number of para-hydroxylation sites is 1. The molecule has 0 aliphatic heterocycles. The maximum absolute atomic E-state index is 12.6. The van der Waals surface area contributed by atoms with Crippen LogP contribution in [0.5, 0.6) is 5.75 Å². The lowest BCUT2D eigenvalue weighted by Gasteiger charge is -2.29. The van der Waals surface area contributed by atoms with Crippen LogP contribution in [0.4, 0.5) is 0 Å². The third-order valence-corrected chi connectivity index (χ3v) is 4.03. The molecule has 0 aliphatic carbocycles. The zero-order valence-corrected chi connectivity index (χ0v) is 14.9. The number of rotatable bonds is 7. The zero-order valence-electron chi connectivity index (χ0n) is 14.9. The molecule has 1 amide bonds. The first kappa shape index (κ1) is 18.0. The number of hydrogen-bond donors (Lipinski definition) is 0. The van der Waals surface area contributed by atoms with Crippen molar-refractivity contribution >= 4 is 5.91 Å². The highest BCUT2D eigenvalue weighted by atomic mass is 16.5. The Morgan fingerprint density at radius 2 is 1.62 bits per heavy atom. The molecular weight excluding hydrogens is 300 g/mol. The maximum atomic E-state index is 12.6. The van der Waals surface area contributed by atoms with E-state index in [4.69, 9.17) is 4.74 Å². The molecular formula is C20H26N2O2. The maximum Gasteiger partial charge on any atom is 0.244 e. The summed E-state index contributed by atoms with van der Waals surface area (Å²) in [6, 6.07) is 17.5. The molecule has 24 heavy (non-hydrogen) atoms. The minimum Gasteiger partial charge on any atom is -0.492 e. The first-order valence-corrected chi connectivity index (χ1v) is 8.15. The van der Waals surface area contributed by atoms with Gasteiger partial charge in [0, 0.05) is 20.6 Å². The number of ether oxygens (including phenoxy) is 1. The van der Waals surface area contributed by atoms with Crippen LogP contribution in [0, 0.1) is 6.92 Å². The minimum absolute atomic E-state index is 0.0691. The largest absolute Gasteiger partial charge is 0.492 e. The number of amides is 1. The van der Waals surface area contributed by atoms with Crippen LogP contribution in [0.1, 0.15) is 17.2 Å². The van der Waals surface area contributed by atoms with Crippen molar-refractivity contribution in [3.8, 4) is 5.75 Å². The monoisotopic (exact) mass is 326 g/mol. The van der Waals surface area contributed by atoms with Crippen molar-refractivity contribution < 1.29 is 9.53 Å². The SMILES string of the molecule is Cc1ccccc1OCCN(C)[C@@H](C(=O)N(C)C)c1ccccc1. The third-order valence-electron chi connectivity index (χ3n) is 4.03. The number of carbonyl (C=O) groups excluding carboxylic acids is 1. The van der Waals surface area contributed by atoms with E-state index < -0.39 is 0 Å². The van der Waals surface area contributed by atoms with Crippen molar-refractivity contribution in [3.63, 3.8) is 0 Å². The van der Waals surface area contributed by atoms with Crippen molar-refractivity contribution in [2.75, 3.05) is 34.3 Å². The van der Waals surface area contributed by atoms with Crippen molar-refractivity contribution in [3.05, 3.63) is 65.7 Å². The van der Waals surface area contributed by atoms with E-state index >= 15 is 0 Å². The molecule has 0 N–H and O–H groups in total. The van der Waals surface area contributed by atoms with Crippen molar-refractivity contribution in [2.24, 2.45) is 0 Å². The van der Waals surface area contributed by atoms with Gasteiger partial charge in [0.2, 0.25) is 5.91 Å². The van der Waals surface area contributed by atoms with Crippen LogP contribution in [0.2, 0.25) is 0 Å². The molecule has 4 heteroatoms. The Labute approximate surface area is 144 Å². The fraction of sp³-hybridized carbons (Fsp3) is 0.350. The van der Waals surface area contributed by atoms with Gasteiger partial charge in [-0.2, -0.15) is 0 Å². The predicted octanol–water partition coefficient (Wildman–Crippen LogP) is 3.14. The Hall–Kier alpha value is -2.33. The van der Waals surface area contributed by atoms with Crippen molar-refractivity contribution in [1.29, 1.82) is 0 Å². The van der Waals surface area contributed by atoms with Gasteiger partial charge in [0.15, 0.2) is 0 Å². The van der Waals surface area contributed by atoms with E-state index in [2.05, 4.69) is 0 Å². The summed E-state index contributed by atoms with van der Waals surface area (Å²) in [5.74, 6) is 0.959. The molecule has 0 saturated heterocycles. The molecule has 1 atom stereocenters. The summed E-state index contributed by atoms with van der Waals surface area (Å²) in [5, 5.41) is 0. The second kappa shape index (κ2) is 8.50. The molecule has 2 aromatic rings. The number of nitrogens with zero attached hydrogens (tertiary/aromatic N) is 2. The van der Waals surface area contributed by atoms with Crippen LogP contribution in [0.15, 0.2) is 54.6 Å². The lowest BCUT2D eigenvalue weighted by Crippen LogP contribution is -2.39. The highest BCUT2D eigenvalue weighted by Gasteiger charge is 2.26. The lowest BCUT2D eigenvalue weighted by atomic mass is 10.0. The lowest BCUT2D eigenvalue weighted by molar-refractivity contribution is -0.134. The number of hydrogen-bond acceptors (Lipinski definition) is 3. The molecule has 2 rings (SSSR count). The van der Waals surface area contributed by atoms with E-state index in [9.17, 15) is 4.79 Å². The van der Waals surface area contributed by atoms with Crippen LogP contribution in [0.3, 0.4) is 0 Å².